The Morgan fingerprint density at radius 1 is 1.28 bits per heavy atom. The van der Waals surface area contributed by atoms with Crippen LogP contribution in [-0.4, -0.2) is 13.2 Å². The van der Waals surface area contributed by atoms with E-state index in [4.69, 9.17) is 4.74 Å². The summed E-state index contributed by atoms with van der Waals surface area (Å²) in [6.07, 6.45) is 5.54. The molecule has 1 aromatic rings. The van der Waals surface area contributed by atoms with Crippen molar-refractivity contribution in [2.45, 2.75) is 45.3 Å². The number of hydrogen-bond donors (Lipinski definition) is 1. The number of nitrogens with one attached hydrogen (secondary N) is 1. The average Bonchev–Trinajstić information content (AvgIpc) is 2.84. The standard InChI is InChI=1S/C16H23NO/c1-16(8-4-5-9-16)12-17-15-11-18-10-13-6-2-3-7-14(13)15/h2-3,6-7,15,17H,4-5,8-12H2,1H3. The van der Waals surface area contributed by atoms with Crippen molar-refractivity contribution in [1.29, 1.82) is 0 Å². The van der Waals surface area contributed by atoms with Gasteiger partial charge in [-0.1, -0.05) is 44.0 Å². The van der Waals surface area contributed by atoms with Crippen LogP contribution >= 0.6 is 0 Å². The van der Waals surface area contributed by atoms with Crippen LogP contribution in [0.3, 0.4) is 0 Å². The molecular formula is C16H23NO. The van der Waals surface area contributed by atoms with Crippen molar-refractivity contribution in [2.24, 2.45) is 5.41 Å². The quantitative estimate of drug-likeness (QED) is 0.881. The molecule has 1 aromatic carbocycles. The van der Waals surface area contributed by atoms with E-state index < -0.39 is 0 Å². The molecule has 0 aromatic heterocycles. The number of benzene rings is 1. The Bertz CT molecular complexity index is 409. The zero-order valence-corrected chi connectivity index (χ0v) is 11.2. The van der Waals surface area contributed by atoms with Gasteiger partial charge in [0.1, 0.15) is 0 Å². The van der Waals surface area contributed by atoms with Gasteiger partial charge in [-0.3, -0.25) is 0 Å². The molecule has 1 atom stereocenters. The minimum Gasteiger partial charge on any atom is -0.375 e. The Kier molecular flexibility index (Phi) is 3.40. The van der Waals surface area contributed by atoms with Gasteiger partial charge in [0.15, 0.2) is 0 Å². The first-order valence-electron chi connectivity index (χ1n) is 7.16. The molecule has 3 rings (SSSR count). The molecule has 1 fully saturated rings. The number of hydrogen-bond acceptors (Lipinski definition) is 2. The molecule has 18 heavy (non-hydrogen) atoms. The Hall–Kier alpha value is -0.860. The summed E-state index contributed by atoms with van der Waals surface area (Å²) in [5.41, 5.74) is 3.29. The maximum Gasteiger partial charge on any atom is 0.0721 e. The van der Waals surface area contributed by atoms with Gasteiger partial charge in [-0.25, -0.2) is 0 Å². The van der Waals surface area contributed by atoms with E-state index in [2.05, 4.69) is 36.5 Å². The van der Waals surface area contributed by atoms with Gasteiger partial charge in [-0.2, -0.15) is 0 Å². The lowest BCUT2D eigenvalue weighted by Gasteiger charge is -2.31. The van der Waals surface area contributed by atoms with E-state index >= 15 is 0 Å². The fourth-order valence-electron chi connectivity index (χ4n) is 3.33. The minimum atomic E-state index is 0.382. The van der Waals surface area contributed by atoms with Crippen LogP contribution in [0.1, 0.15) is 49.8 Å². The molecule has 2 aliphatic rings. The zero-order chi connectivity index (χ0) is 12.4. The second kappa shape index (κ2) is 5.02. The SMILES string of the molecule is CC1(CNC2COCc3ccccc32)CCCC1. The normalized spacial score (nSPS) is 25.9. The Balaban J connectivity index is 1.67. The van der Waals surface area contributed by atoms with E-state index in [1.165, 1.54) is 36.8 Å². The van der Waals surface area contributed by atoms with Gasteiger partial charge in [0, 0.05) is 6.54 Å². The Labute approximate surface area is 110 Å². The topological polar surface area (TPSA) is 21.3 Å². The molecule has 0 saturated heterocycles. The summed E-state index contributed by atoms with van der Waals surface area (Å²) < 4.78 is 5.69. The number of ether oxygens (including phenoxy) is 1. The molecule has 0 radical (unpaired) electrons. The largest absolute Gasteiger partial charge is 0.375 e. The molecule has 1 saturated carbocycles. The second-order valence-electron chi connectivity index (χ2n) is 6.17. The molecular weight excluding hydrogens is 222 g/mol. The van der Waals surface area contributed by atoms with Gasteiger partial charge >= 0.3 is 0 Å². The second-order valence-corrected chi connectivity index (χ2v) is 6.17. The lowest BCUT2D eigenvalue weighted by molar-refractivity contribution is 0.0783. The molecule has 1 unspecified atom stereocenters. The van der Waals surface area contributed by atoms with Gasteiger partial charge in [0.25, 0.3) is 0 Å². The van der Waals surface area contributed by atoms with E-state index in [-0.39, 0.29) is 0 Å². The molecule has 0 spiro atoms. The molecule has 2 nitrogen and oxygen atoms in total. The number of rotatable bonds is 3. The van der Waals surface area contributed by atoms with E-state index in [0.29, 0.717) is 11.5 Å². The van der Waals surface area contributed by atoms with Gasteiger partial charge in [-0.15, -0.1) is 0 Å². The van der Waals surface area contributed by atoms with Gasteiger partial charge in [0.2, 0.25) is 0 Å². The molecule has 1 N–H and O–H groups in total. The zero-order valence-electron chi connectivity index (χ0n) is 11.2. The van der Waals surface area contributed by atoms with Crippen LogP contribution in [0.2, 0.25) is 0 Å². The lowest BCUT2D eigenvalue weighted by Crippen LogP contribution is -2.36. The van der Waals surface area contributed by atoms with Crippen molar-refractivity contribution in [3.05, 3.63) is 35.4 Å². The molecule has 0 bridgehead atoms. The maximum absolute atomic E-state index is 5.69. The van der Waals surface area contributed by atoms with Crippen LogP contribution in [0, 0.1) is 5.41 Å². The highest BCUT2D eigenvalue weighted by molar-refractivity contribution is 5.31. The summed E-state index contributed by atoms with van der Waals surface area (Å²) in [4.78, 5) is 0. The first kappa shape index (κ1) is 12.2. The van der Waals surface area contributed by atoms with Crippen molar-refractivity contribution in [1.82, 2.24) is 5.32 Å². The van der Waals surface area contributed by atoms with Crippen LogP contribution < -0.4 is 5.32 Å². The highest BCUT2D eigenvalue weighted by atomic mass is 16.5. The van der Waals surface area contributed by atoms with E-state index in [0.717, 1.165) is 19.8 Å². The van der Waals surface area contributed by atoms with Crippen LogP contribution in [0.5, 0.6) is 0 Å². The minimum absolute atomic E-state index is 0.382. The fraction of sp³-hybridized carbons (Fsp3) is 0.625. The summed E-state index contributed by atoms with van der Waals surface area (Å²) in [6.45, 7) is 5.12. The number of fused-ring (bicyclic) bond motifs is 1. The van der Waals surface area contributed by atoms with E-state index in [1.807, 2.05) is 0 Å². The molecule has 1 aliphatic heterocycles. The third-order valence-corrected chi connectivity index (χ3v) is 4.56. The Morgan fingerprint density at radius 3 is 2.89 bits per heavy atom. The molecule has 98 valence electrons. The summed E-state index contributed by atoms with van der Waals surface area (Å²) in [5.74, 6) is 0. The first-order chi connectivity index (χ1) is 8.77. The summed E-state index contributed by atoms with van der Waals surface area (Å²) in [5, 5.41) is 3.74. The van der Waals surface area contributed by atoms with Crippen molar-refractivity contribution in [3.8, 4) is 0 Å². The lowest BCUT2D eigenvalue weighted by atomic mass is 9.88. The monoisotopic (exact) mass is 245 g/mol. The third kappa shape index (κ3) is 2.45. The predicted molar refractivity (Wildman–Crippen MR) is 73.4 cm³/mol. The van der Waals surface area contributed by atoms with Crippen LogP contribution in [0.4, 0.5) is 0 Å². The van der Waals surface area contributed by atoms with Gasteiger partial charge < -0.3 is 10.1 Å². The van der Waals surface area contributed by atoms with Crippen LogP contribution in [0.25, 0.3) is 0 Å². The average molecular weight is 245 g/mol. The Morgan fingerprint density at radius 2 is 2.06 bits per heavy atom. The fourth-order valence-corrected chi connectivity index (χ4v) is 3.33. The maximum atomic E-state index is 5.69. The van der Waals surface area contributed by atoms with Crippen molar-refractivity contribution in [2.75, 3.05) is 13.2 Å². The smallest absolute Gasteiger partial charge is 0.0721 e. The van der Waals surface area contributed by atoms with Crippen molar-refractivity contribution >= 4 is 0 Å². The highest BCUT2D eigenvalue weighted by Crippen LogP contribution is 2.37. The van der Waals surface area contributed by atoms with Gasteiger partial charge in [0.05, 0.1) is 19.3 Å². The van der Waals surface area contributed by atoms with Crippen LogP contribution in [-0.2, 0) is 11.3 Å². The third-order valence-electron chi connectivity index (χ3n) is 4.56. The van der Waals surface area contributed by atoms with Crippen molar-refractivity contribution < 1.29 is 4.74 Å². The first-order valence-corrected chi connectivity index (χ1v) is 7.16. The van der Waals surface area contributed by atoms with Crippen LogP contribution in [0.15, 0.2) is 24.3 Å². The van der Waals surface area contributed by atoms with Crippen molar-refractivity contribution in [3.63, 3.8) is 0 Å². The molecule has 1 heterocycles. The van der Waals surface area contributed by atoms with E-state index in [1.54, 1.807) is 0 Å². The summed E-state index contributed by atoms with van der Waals surface area (Å²) >= 11 is 0. The molecule has 0 amide bonds. The molecule has 2 heteroatoms. The summed E-state index contributed by atoms with van der Waals surface area (Å²) in [6, 6.07) is 9.04. The highest BCUT2D eigenvalue weighted by Gasteiger charge is 2.30. The summed E-state index contributed by atoms with van der Waals surface area (Å²) in [7, 11) is 0. The molecule has 1 aliphatic carbocycles. The van der Waals surface area contributed by atoms with Gasteiger partial charge in [-0.05, 0) is 29.4 Å². The van der Waals surface area contributed by atoms with E-state index in [9.17, 15) is 0 Å². The predicted octanol–water partition coefficient (Wildman–Crippen LogP) is 3.43.